The van der Waals surface area contributed by atoms with Gasteiger partial charge in [-0.25, -0.2) is 8.78 Å². The maximum atomic E-state index is 12.7. The number of hydrogen-bond donors (Lipinski definition) is 0. The molecular weight excluding hydrogens is 188 g/mol. The van der Waals surface area contributed by atoms with Gasteiger partial charge in [0.05, 0.1) is 5.39 Å². The summed E-state index contributed by atoms with van der Waals surface area (Å²) in [6.45, 7) is 0. The van der Waals surface area contributed by atoms with Crippen LogP contribution < -0.4 is 0 Å². The minimum atomic E-state index is -1.47. The van der Waals surface area contributed by atoms with Gasteiger partial charge in [-0.2, -0.15) is 8.78 Å². The van der Waals surface area contributed by atoms with E-state index in [0.717, 1.165) is 0 Å². The van der Waals surface area contributed by atoms with Crippen molar-refractivity contribution < 1.29 is 22.0 Å². The lowest BCUT2D eigenvalue weighted by molar-refractivity contribution is 0.342. The summed E-state index contributed by atoms with van der Waals surface area (Å²) in [5.74, 6) is -3.76. The van der Waals surface area contributed by atoms with Gasteiger partial charge in [0, 0.05) is 6.07 Å². The Morgan fingerprint density at radius 3 is 2.23 bits per heavy atom. The van der Waals surface area contributed by atoms with Crippen molar-refractivity contribution in [2.75, 3.05) is 0 Å². The van der Waals surface area contributed by atoms with Gasteiger partial charge in [-0.05, 0) is 6.07 Å². The number of fused-ring (bicyclic) bond motifs is 1. The summed E-state index contributed by atoms with van der Waals surface area (Å²) >= 11 is 0. The van der Waals surface area contributed by atoms with Crippen molar-refractivity contribution in [2.24, 2.45) is 0 Å². The van der Waals surface area contributed by atoms with Crippen LogP contribution in [0.1, 0.15) is 0 Å². The van der Waals surface area contributed by atoms with Crippen LogP contribution in [-0.2, 0) is 0 Å². The Labute approximate surface area is 69.6 Å². The third-order valence-corrected chi connectivity index (χ3v) is 1.63. The van der Waals surface area contributed by atoms with Gasteiger partial charge in [-0.15, -0.1) is 0 Å². The molecule has 5 heteroatoms. The van der Waals surface area contributed by atoms with Gasteiger partial charge in [0.25, 0.3) is 0 Å². The van der Waals surface area contributed by atoms with Gasteiger partial charge in [0.2, 0.25) is 5.82 Å². The van der Waals surface area contributed by atoms with Crippen molar-refractivity contribution in [3.05, 3.63) is 35.6 Å². The fraction of sp³-hybridized carbons (Fsp3) is 0. The van der Waals surface area contributed by atoms with Gasteiger partial charge in [-0.3, -0.25) is 0 Å². The normalized spacial score (nSPS) is 11.1. The van der Waals surface area contributed by atoms with Crippen LogP contribution in [0.15, 0.2) is 16.5 Å². The first-order valence-corrected chi connectivity index (χ1v) is 3.32. The van der Waals surface area contributed by atoms with Crippen LogP contribution in [-0.4, -0.2) is 0 Å². The van der Waals surface area contributed by atoms with Gasteiger partial charge in [0.15, 0.2) is 11.6 Å². The molecule has 1 nitrogen and oxygen atoms in total. The largest absolute Gasteiger partial charge is 0.429 e. The maximum Gasteiger partial charge on any atom is 0.315 e. The van der Waals surface area contributed by atoms with Crippen molar-refractivity contribution in [1.29, 1.82) is 0 Å². The number of benzene rings is 1. The summed E-state index contributed by atoms with van der Waals surface area (Å²) in [4.78, 5) is 0. The summed E-state index contributed by atoms with van der Waals surface area (Å²) in [6, 6.07) is -0.330. The van der Waals surface area contributed by atoms with E-state index in [1.165, 1.54) is 0 Å². The second kappa shape index (κ2) is 2.48. The molecule has 13 heavy (non-hydrogen) atoms. The van der Waals surface area contributed by atoms with E-state index < -0.39 is 28.9 Å². The second-order valence-corrected chi connectivity index (χ2v) is 2.45. The lowest BCUT2D eigenvalue weighted by Gasteiger charge is -1.90. The average Bonchev–Trinajstić information content (AvgIpc) is 2.32. The van der Waals surface area contributed by atoms with Crippen molar-refractivity contribution in [3.8, 4) is 0 Å². The number of halogens is 4. The summed E-state index contributed by atoms with van der Waals surface area (Å²) in [6.07, 6.45) is 0. The fourth-order valence-corrected chi connectivity index (χ4v) is 1.03. The molecular formula is C8H2F4O. The Kier molecular flexibility index (Phi) is 1.55. The van der Waals surface area contributed by atoms with E-state index in [2.05, 4.69) is 4.42 Å². The average molecular weight is 190 g/mol. The van der Waals surface area contributed by atoms with Gasteiger partial charge in [-0.1, -0.05) is 0 Å². The molecule has 1 aromatic heterocycles. The smallest absolute Gasteiger partial charge is 0.315 e. The molecule has 0 unspecified atom stereocenters. The molecule has 0 bridgehead atoms. The Balaban J connectivity index is 2.89. The van der Waals surface area contributed by atoms with Crippen LogP contribution in [0, 0.1) is 23.5 Å². The molecule has 0 amide bonds. The first-order chi connectivity index (χ1) is 6.09. The van der Waals surface area contributed by atoms with E-state index in [4.69, 9.17) is 0 Å². The van der Waals surface area contributed by atoms with Crippen LogP contribution in [0.3, 0.4) is 0 Å². The van der Waals surface area contributed by atoms with E-state index in [1.54, 1.807) is 0 Å². The zero-order valence-corrected chi connectivity index (χ0v) is 6.07. The Morgan fingerprint density at radius 1 is 0.923 bits per heavy atom. The van der Waals surface area contributed by atoms with Crippen LogP contribution >= 0.6 is 0 Å². The molecule has 0 spiro atoms. The minimum absolute atomic E-state index is 0.353. The topological polar surface area (TPSA) is 13.1 Å². The molecule has 0 aliphatic rings. The number of rotatable bonds is 0. The molecule has 2 rings (SSSR count). The van der Waals surface area contributed by atoms with Crippen molar-refractivity contribution >= 4 is 11.0 Å². The standard InChI is InChI=1S/C8H2F4O/c9-4-1-3-6(2-5(4)10)13-8(12)7(3)11/h1-2H. The molecule has 0 saturated heterocycles. The zero-order valence-electron chi connectivity index (χ0n) is 6.07. The molecule has 1 aromatic carbocycles. The van der Waals surface area contributed by atoms with Gasteiger partial charge < -0.3 is 4.42 Å². The quantitative estimate of drug-likeness (QED) is 0.582. The molecule has 68 valence electrons. The molecule has 1 heterocycles. The highest BCUT2D eigenvalue weighted by Gasteiger charge is 2.16. The van der Waals surface area contributed by atoms with Crippen LogP contribution in [0.5, 0.6) is 0 Å². The predicted molar refractivity (Wildman–Crippen MR) is 36.0 cm³/mol. The SMILES string of the molecule is Fc1cc2oc(F)c(F)c2cc1F. The zero-order chi connectivity index (χ0) is 9.59. The number of furan rings is 1. The summed E-state index contributed by atoms with van der Waals surface area (Å²) in [5, 5.41) is -0.406. The first-order valence-electron chi connectivity index (χ1n) is 3.32. The molecule has 0 aliphatic heterocycles. The van der Waals surface area contributed by atoms with E-state index >= 15 is 0 Å². The summed E-state index contributed by atoms with van der Waals surface area (Å²) < 4.78 is 54.4. The highest BCUT2D eigenvalue weighted by Crippen LogP contribution is 2.25. The Hall–Kier alpha value is -1.52. The summed E-state index contributed by atoms with van der Waals surface area (Å²) in [5.41, 5.74) is -0.353. The third-order valence-electron chi connectivity index (χ3n) is 1.63. The van der Waals surface area contributed by atoms with Crippen LogP contribution in [0.2, 0.25) is 0 Å². The van der Waals surface area contributed by atoms with E-state index in [-0.39, 0.29) is 5.58 Å². The van der Waals surface area contributed by atoms with Crippen LogP contribution in [0.4, 0.5) is 17.6 Å². The van der Waals surface area contributed by atoms with Crippen molar-refractivity contribution in [1.82, 2.24) is 0 Å². The molecule has 0 aliphatic carbocycles. The molecule has 0 N–H and O–H groups in total. The molecule has 0 radical (unpaired) electrons. The Morgan fingerprint density at radius 2 is 1.54 bits per heavy atom. The third kappa shape index (κ3) is 1.07. The molecule has 0 saturated carbocycles. The van der Waals surface area contributed by atoms with Gasteiger partial charge >= 0.3 is 6.01 Å². The Bertz CT molecular complexity index is 474. The predicted octanol–water partition coefficient (Wildman–Crippen LogP) is 2.99. The molecule has 0 fully saturated rings. The van der Waals surface area contributed by atoms with Gasteiger partial charge in [0.1, 0.15) is 5.58 Å². The monoisotopic (exact) mass is 190 g/mol. The lowest BCUT2D eigenvalue weighted by atomic mass is 10.2. The van der Waals surface area contributed by atoms with E-state index in [1.807, 2.05) is 0 Å². The highest BCUT2D eigenvalue weighted by molar-refractivity contribution is 5.78. The molecule has 0 atom stereocenters. The minimum Gasteiger partial charge on any atom is -0.429 e. The van der Waals surface area contributed by atoms with Crippen molar-refractivity contribution in [3.63, 3.8) is 0 Å². The highest BCUT2D eigenvalue weighted by atomic mass is 19.2. The van der Waals surface area contributed by atoms with E-state index in [0.29, 0.717) is 12.1 Å². The fourth-order valence-electron chi connectivity index (χ4n) is 1.03. The number of hydrogen-bond acceptors (Lipinski definition) is 1. The first kappa shape index (κ1) is 8.10. The van der Waals surface area contributed by atoms with Crippen LogP contribution in [0.25, 0.3) is 11.0 Å². The molecule has 2 aromatic rings. The van der Waals surface area contributed by atoms with Crippen molar-refractivity contribution in [2.45, 2.75) is 0 Å². The summed E-state index contributed by atoms with van der Waals surface area (Å²) in [7, 11) is 0. The lowest BCUT2D eigenvalue weighted by Crippen LogP contribution is -1.82. The van der Waals surface area contributed by atoms with E-state index in [9.17, 15) is 17.6 Å². The maximum absolute atomic E-state index is 12.7. The second-order valence-electron chi connectivity index (χ2n) is 2.45.